The summed E-state index contributed by atoms with van der Waals surface area (Å²) >= 11 is 2.70. The summed E-state index contributed by atoms with van der Waals surface area (Å²) in [5.74, 6) is -0.498. The highest BCUT2D eigenvalue weighted by Crippen LogP contribution is 2.30. The molecule has 0 aliphatic rings. The van der Waals surface area contributed by atoms with Gasteiger partial charge < -0.3 is 10.6 Å². The van der Waals surface area contributed by atoms with Crippen molar-refractivity contribution in [1.82, 2.24) is 10.3 Å². The molecule has 3 aromatic rings. The summed E-state index contributed by atoms with van der Waals surface area (Å²) in [6, 6.07) is 8.22. The van der Waals surface area contributed by atoms with Crippen LogP contribution in [0.5, 0.6) is 0 Å². The van der Waals surface area contributed by atoms with Crippen LogP contribution in [-0.2, 0) is 9.59 Å². The Balaban J connectivity index is 1.71. The standard InChI is InChI=1S/C19H18N4O4S2/c1-11-5-6-13(8-16(11)23(26)27)15-10-29-19(21-15)22-18(25)9-14(20-12(2)24)17-4-3-7-28-17/h3-8,10,14H,9H2,1-2H3,(H,20,24)(H,21,22,25). The Hall–Kier alpha value is -3.11. The minimum atomic E-state index is -0.430. The van der Waals surface area contributed by atoms with Gasteiger partial charge in [0.25, 0.3) is 5.69 Å². The fourth-order valence-electron chi connectivity index (χ4n) is 2.74. The number of anilines is 1. The predicted molar refractivity (Wildman–Crippen MR) is 113 cm³/mol. The van der Waals surface area contributed by atoms with Crippen LogP contribution >= 0.6 is 22.7 Å². The Kier molecular flexibility index (Phi) is 6.35. The Morgan fingerprint density at radius 2 is 2.07 bits per heavy atom. The van der Waals surface area contributed by atoms with Gasteiger partial charge in [-0.15, -0.1) is 22.7 Å². The molecule has 2 N–H and O–H groups in total. The molecule has 0 saturated carbocycles. The van der Waals surface area contributed by atoms with Crippen LogP contribution in [0.15, 0.2) is 41.1 Å². The number of nitro groups is 1. The molecule has 0 radical (unpaired) electrons. The largest absolute Gasteiger partial charge is 0.348 e. The number of carbonyl (C=O) groups excluding carboxylic acids is 2. The van der Waals surface area contributed by atoms with Crippen LogP contribution < -0.4 is 10.6 Å². The van der Waals surface area contributed by atoms with Crippen molar-refractivity contribution in [2.45, 2.75) is 26.3 Å². The van der Waals surface area contributed by atoms with Crippen molar-refractivity contribution in [2.75, 3.05) is 5.32 Å². The maximum Gasteiger partial charge on any atom is 0.272 e. The minimum absolute atomic E-state index is 0.0233. The van der Waals surface area contributed by atoms with Crippen LogP contribution in [0.2, 0.25) is 0 Å². The third-order valence-electron chi connectivity index (χ3n) is 4.11. The van der Waals surface area contributed by atoms with Crippen LogP contribution in [-0.4, -0.2) is 21.7 Å². The molecule has 29 heavy (non-hydrogen) atoms. The molecule has 2 amide bonds. The van der Waals surface area contributed by atoms with E-state index >= 15 is 0 Å². The van der Waals surface area contributed by atoms with Gasteiger partial charge in [-0.1, -0.05) is 18.2 Å². The number of thiazole rings is 1. The number of hydrogen-bond acceptors (Lipinski definition) is 7. The molecular formula is C19H18N4O4S2. The van der Waals surface area contributed by atoms with E-state index in [1.54, 1.807) is 24.4 Å². The highest BCUT2D eigenvalue weighted by atomic mass is 32.1. The molecule has 0 bridgehead atoms. The number of benzene rings is 1. The number of thiophene rings is 1. The van der Waals surface area contributed by atoms with E-state index in [0.717, 1.165) is 4.88 Å². The van der Waals surface area contributed by atoms with E-state index in [1.807, 2.05) is 17.5 Å². The molecule has 0 spiro atoms. The number of hydrogen-bond donors (Lipinski definition) is 2. The molecule has 2 aromatic heterocycles. The first-order valence-electron chi connectivity index (χ1n) is 8.65. The summed E-state index contributed by atoms with van der Waals surface area (Å²) in [5.41, 5.74) is 1.74. The Labute approximate surface area is 174 Å². The topological polar surface area (TPSA) is 114 Å². The van der Waals surface area contributed by atoms with Gasteiger partial charge in [-0.2, -0.15) is 0 Å². The van der Waals surface area contributed by atoms with E-state index in [2.05, 4.69) is 15.6 Å². The fraction of sp³-hybridized carbons (Fsp3) is 0.211. The van der Waals surface area contributed by atoms with Crippen molar-refractivity contribution in [1.29, 1.82) is 0 Å². The SMILES string of the molecule is CC(=O)NC(CC(=O)Nc1nc(-c2ccc(C)c([N+](=O)[O-])c2)cs1)c1cccs1. The number of nitro benzene ring substituents is 1. The highest BCUT2D eigenvalue weighted by Gasteiger charge is 2.19. The molecule has 3 rings (SSSR count). The van der Waals surface area contributed by atoms with Gasteiger partial charge in [-0.3, -0.25) is 19.7 Å². The molecular weight excluding hydrogens is 412 g/mol. The second-order valence-electron chi connectivity index (χ2n) is 6.32. The predicted octanol–water partition coefficient (Wildman–Crippen LogP) is 4.29. The monoisotopic (exact) mass is 430 g/mol. The summed E-state index contributed by atoms with van der Waals surface area (Å²) in [4.78, 5) is 39.9. The van der Waals surface area contributed by atoms with Crippen molar-refractivity contribution < 1.29 is 14.5 Å². The summed E-state index contributed by atoms with van der Waals surface area (Å²) in [5, 5.41) is 20.7. The average Bonchev–Trinajstić information content (AvgIpc) is 3.33. The third kappa shape index (κ3) is 5.24. The summed E-state index contributed by atoms with van der Waals surface area (Å²) in [6.07, 6.45) is 0.0744. The van der Waals surface area contributed by atoms with Crippen molar-refractivity contribution in [3.05, 3.63) is 61.6 Å². The van der Waals surface area contributed by atoms with Gasteiger partial charge in [-0.25, -0.2) is 4.98 Å². The molecule has 0 fully saturated rings. The van der Waals surface area contributed by atoms with Crippen LogP contribution in [0, 0.1) is 17.0 Å². The van der Waals surface area contributed by atoms with E-state index in [4.69, 9.17) is 0 Å². The molecule has 0 aliphatic carbocycles. The highest BCUT2D eigenvalue weighted by molar-refractivity contribution is 7.14. The van der Waals surface area contributed by atoms with E-state index in [0.29, 0.717) is 22.0 Å². The van der Waals surface area contributed by atoms with Crippen LogP contribution in [0.1, 0.15) is 29.8 Å². The number of nitrogens with one attached hydrogen (secondary N) is 2. The smallest absolute Gasteiger partial charge is 0.272 e. The quantitative estimate of drug-likeness (QED) is 0.429. The zero-order valence-electron chi connectivity index (χ0n) is 15.7. The number of amides is 2. The van der Waals surface area contributed by atoms with Gasteiger partial charge in [0, 0.05) is 34.4 Å². The fourth-order valence-corrected chi connectivity index (χ4v) is 4.26. The Morgan fingerprint density at radius 1 is 1.28 bits per heavy atom. The van der Waals surface area contributed by atoms with E-state index in [1.165, 1.54) is 35.7 Å². The number of carbonyl (C=O) groups is 2. The number of aromatic nitrogens is 1. The molecule has 150 valence electrons. The van der Waals surface area contributed by atoms with Gasteiger partial charge >= 0.3 is 0 Å². The maximum absolute atomic E-state index is 12.5. The molecule has 10 heteroatoms. The van der Waals surface area contributed by atoms with E-state index < -0.39 is 11.0 Å². The van der Waals surface area contributed by atoms with Gasteiger partial charge in [0.1, 0.15) is 0 Å². The molecule has 1 aromatic carbocycles. The van der Waals surface area contributed by atoms with Crippen LogP contribution in [0.25, 0.3) is 11.3 Å². The lowest BCUT2D eigenvalue weighted by Gasteiger charge is -2.15. The van der Waals surface area contributed by atoms with Gasteiger partial charge in [0.05, 0.1) is 23.1 Å². The normalized spacial score (nSPS) is 11.7. The van der Waals surface area contributed by atoms with Crippen molar-refractivity contribution in [2.24, 2.45) is 0 Å². The van der Waals surface area contributed by atoms with E-state index in [9.17, 15) is 19.7 Å². The summed E-state index contributed by atoms with van der Waals surface area (Å²) in [7, 11) is 0. The van der Waals surface area contributed by atoms with Crippen LogP contribution in [0.4, 0.5) is 10.8 Å². The van der Waals surface area contributed by atoms with Crippen LogP contribution in [0.3, 0.4) is 0 Å². The van der Waals surface area contributed by atoms with Gasteiger partial charge in [-0.05, 0) is 18.4 Å². The lowest BCUT2D eigenvalue weighted by Crippen LogP contribution is -2.29. The number of rotatable bonds is 7. The second-order valence-corrected chi connectivity index (χ2v) is 8.15. The molecule has 8 nitrogen and oxygen atoms in total. The Bertz CT molecular complexity index is 1050. The molecule has 2 heterocycles. The van der Waals surface area contributed by atoms with Crippen molar-refractivity contribution in [3.8, 4) is 11.3 Å². The lowest BCUT2D eigenvalue weighted by molar-refractivity contribution is -0.385. The molecule has 0 saturated heterocycles. The average molecular weight is 431 g/mol. The first kappa shape index (κ1) is 20.6. The minimum Gasteiger partial charge on any atom is -0.348 e. The third-order valence-corrected chi connectivity index (χ3v) is 5.85. The maximum atomic E-state index is 12.5. The van der Waals surface area contributed by atoms with Crippen molar-refractivity contribution in [3.63, 3.8) is 0 Å². The van der Waals surface area contributed by atoms with Crippen molar-refractivity contribution >= 4 is 45.3 Å². The van der Waals surface area contributed by atoms with E-state index in [-0.39, 0.29) is 23.9 Å². The molecule has 0 aliphatic heterocycles. The molecule has 1 atom stereocenters. The first-order chi connectivity index (χ1) is 13.8. The summed E-state index contributed by atoms with van der Waals surface area (Å²) < 4.78 is 0. The van der Waals surface area contributed by atoms with Gasteiger partial charge in [0.15, 0.2) is 5.13 Å². The molecule has 1 unspecified atom stereocenters. The summed E-state index contributed by atoms with van der Waals surface area (Å²) in [6.45, 7) is 3.08. The first-order valence-corrected chi connectivity index (χ1v) is 10.4. The second kappa shape index (κ2) is 8.93. The zero-order chi connectivity index (χ0) is 21.0. The number of aryl methyl sites for hydroxylation is 1. The lowest BCUT2D eigenvalue weighted by atomic mass is 10.1. The number of nitrogens with zero attached hydrogens (tertiary/aromatic N) is 2. The Morgan fingerprint density at radius 3 is 2.72 bits per heavy atom. The zero-order valence-corrected chi connectivity index (χ0v) is 17.3. The van der Waals surface area contributed by atoms with Gasteiger partial charge in [0.2, 0.25) is 11.8 Å².